The summed E-state index contributed by atoms with van der Waals surface area (Å²) in [5, 5.41) is 0. The fourth-order valence-electron chi connectivity index (χ4n) is 0.984. The van der Waals surface area contributed by atoms with E-state index >= 15 is 0 Å². The Balaban J connectivity index is 2.25. The van der Waals surface area contributed by atoms with Crippen LogP contribution in [-0.2, 0) is 16.0 Å². The van der Waals surface area contributed by atoms with Gasteiger partial charge in [-0.25, -0.2) is 0 Å². The Morgan fingerprint density at radius 2 is 2.40 bits per heavy atom. The first-order valence-corrected chi connectivity index (χ1v) is 5.30. The fourth-order valence-corrected chi connectivity index (χ4v) is 1.13. The lowest BCUT2D eigenvalue weighted by Gasteiger charge is -2.08. The van der Waals surface area contributed by atoms with Gasteiger partial charge in [-0.3, -0.25) is 9.78 Å². The summed E-state index contributed by atoms with van der Waals surface area (Å²) in [6, 6.07) is 4.97. The van der Waals surface area contributed by atoms with Crippen molar-refractivity contribution in [2.75, 3.05) is 12.4 Å². The predicted octanol–water partition coefficient (Wildman–Crippen LogP) is 0.424. The van der Waals surface area contributed by atoms with Crippen LogP contribution in [0.4, 0.5) is 0 Å². The third-order valence-electron chi connectivity index (χ3n) is 1.83. The normalized spacial score (nSPS) is 12.1. The van der Waals surface area contributed by atoms with Crippen molar-refractivity contribution >= 4 is 18.6 Å². The van der Waals surface area contributed by atoms with E-state index in [9.17, 15) is 4.79 Å². The molecule has 1 heterocycles. The Bertz CT molecular complexity index is 306. The molecule has 15 heavy (non-hydrogen) atoms. The van der Waals surface area contributed by atoms with Gasteiger partial charge in [0.1, 0.15) is 6.04 Å². The van der Waals surface area contributed by atoms with E-state index in [2.05, 4.69) is 17.6 Å². The highest BCUT2D eigenvalue weighted by Gasteiger charge is 2.12. The first-order valence-electron chi connectivity index (χ1n) is 4.67. The molecule has 1 rings (SSSR count). The topological polar surface area (TPSA) is 65.2 Å². The number of nitrogens with two attached hydrogens (primary N) is 1. The molecule has 0 saturated carbocycles. The average molecular weight is 226 g/mol. The molecule has 0 radical (unpaired) electrons. The number of carbonyl (C=O) groups is 1. The number of carbonyl (C=O) groups excluding carboxylic acids is 1. The molecule has 0 unspecified atom stereocenters. The van der Waals surface area contributed by atoms with Crippen LogP contribution in [0, 0.1) is 0 Å². The van der Waals surface area contributed by atoms with E-state index in [-0.39, 0.29) is 0 Å². The zero-order valence-corrected chi connectivity index (χ0v) is 9.19. The number of hydrogen-bond acceptors (Lipinski definition) is 5. The Kier molecular flexibility index (Phi) is 5.14. The highest BCUT2D eigenvalue weighted by molar-refractivity contribution is 7.80. The minimum atomic E-state index is -0.642. The summed E-state index contributed by atoms with van der Waals surface area (Å²) in [6.07, 6.45) is 2.31. The first-order chi connectivity index (χ1) is 7.24. The molecule has 1 aromatic heterocycles. The molecule has 0 bridgehead atoms. The van der Waals surface area contributed by atoms with E-state index in [1.54, 1.807) is 6.20 Å². The number of rotatable bonds is 5. The summed E-state index contributed by atoms with van der Waals surface area (Å²) < 4.78 is 4.95. The molecule has 0 amide bonds. The lowest BCUT2D eigenvalue weighted by Crippen LogP contribution is -2.34. The molecule has 1 aromatic rings. The van der Waals surface area contributed by atoms with Crippen molar-refractivity contribution in [3.63, 3.8) is 0 Å². The quantitative estimate of drug-likeness (QED) is 0.564. The molecule has 4 nitrogen and oxygen atoms in total. The van der Waals surface area contributed by atoms with Crippen LogP contribution in [0.15, 0.2) is 24.4 Å². The minimum absolute atomic E-state index is 0.294. The summed E-state index contributed by atoms with van der Waals surface area (Å²) >= 11 is 3.91. The summed E-state index contributed by atoms with van der Waals surface area (Å²) in [7, 11) is 0. The van der Waals surface area contributed by atoms with Gasteiger partial charge in [-0.2, -0.15) is 12.6 Å². The number of pyridine rings is 1. The SMILES string of the molecule is N[C@@H](CS)C(=O)OCCc1ccccn1. The van der Waals surface area contributed by atoms with Crippen molar-refractivity contribution in [2.24, 2.45) is 5.73 Å². The molecule has 0 aliphatic rings. The maximum atomic E-state index is 11.1. The molecule has 0 aliphatic carbocycles. The maximum absolute atomic E-state index is 11.1. The van der Waals surface area contributed by atoms with Gasteiger partial charge in [0.15, 0.2) is 0 Å². The third-order valence-corrected chi connectivity index (χ3v) is 2.22. The second kappa shape index (κ2) is 6.42. The van der Waals surface area contributed by atoms with E-state index in [0.29, 0.717) is 18.8 Å². The van der Waals surface area contributed by atoms with Crippen molar-refractivity contribution < 1.29 is 9.53 Å². The van der Waals surface area contributed by atoms with Gasteiger partial charge in [0.2, 0.25) is 0 Å². The molecule has 5 heteroatoms. The van der Waals surface area contributed by atoms with Crippen LogP contribution in [0.25, 0.3) is 0 Å². The monoisotopic (exact) mass is 226 g/mol. The Hall–Kier alpha value is -1.07. The van der Waals surface area contributed by atoms with Crippen molar-refractivity contribution in [3.05, 3.63) is 30.1 Å². The molecule has 0 aliphatic heterocycles. The number of aromatic nitrogens is 1. The van der Waals surface area contributed by atoms with Crippen molar-refractivity contribution in [3.8, 4) is 0 Å². The number of esters is 1. The molecule has 82 valence electrons. The molecule has 0 fully saturated rings. The number of thiol groups is 1. The smallest absolute Gasteiger partial charge is 0.323 e. The predicted molar refractivity (Wildman–Crippen MR) is 60.7 cm³/mol. The van der Waals surface area contributed by atoms with E-state index in [1.165, 1.54) is 0 Å². The third kappa shape index (κ3) is 4.31. The largest absolute Gasteiger partial charge is 0.464 e. The van der Waals surface area contributed by atoms with Gasteiger partial charge in [0.05, 0.1) is 6.61 Å². The van der Waals surface area contributed by atoms with E-state index < -0.39 is 12.0 Å². The van der Waals surface area contributed by atoms with Crippen molar-refractivity contribution in [1.82, 2.24) is 4.98 Å². The van der Waals surface area contributed by atoms with Crippen LogP contribution in [0.5, 0.6) is 0 Å². The lowest BCUT2D eigenvalue weighted by atomic mass is 10.3. The molecular formula is C10H14N2O2S. The Morgan fingerprint density at radius 3 is 3.00 bits per heavy atom. The second-order valence-corrected chi connectivity index (χ2v) is 3.39. The number of hydrogen-bond donors (Lipinski definition) is 2. The molecule has 0 aromatic carbocycles. The van der Waals surface area contributed by atoms with Gasteiger partial charge >= 0.3 is 5.97 Å². The minimum Gasteiger partial charge on any atom is -0.464 e. The van der Waals surface area contributed by atoms with E-state index in [0.717, 1.165) is 5.69 Å². The maximum Gasteiger partial charge on any atom is 0.323 e. The molecule has 1 atom stereocenters. The van der Waals surface area contributed by atoms with Crippen molar-refractivity contribution in [1.29, 1.82) is 0 Å². The summed E-state index contributed by atoms with van der Waals surface area (Å²) in [6.45, 7) is 0.303. The summed E-state index contributed by atoms with van der Waals surface area (Å²) in [5.41, 5.74) is 6.32. The van der Waals surface area contributed by atoms with Gasteiger partial charge in [-0.05, 0) is 12.1 Å². The molecule has 0 saturated heterocycles. The van der Waals surface area contributed by atoms with Gasteiger partial charge in [-0.1, -0.05) is 6.07 Å². The zero-order chi connectivity index (χ0) is 11.1. The molecule has 0 spiro atoms. The average Bonchev–Trinajstić information content (AvgIpc) is 2.29. The van der Waals surface area contributed by atoms with Crippen LogP contribution in [0.3, 0.4) is 0 Å². The highest BCUT2D eigenvalue weighted by atomic mass is 32.1. The van der Waals surface area contributed by atoms with Crippen LogP contribution in [0.1, 0.15) is 5.69 Å². The summed E-state index contributed by atoms with van der Waals surface area (Å²) in [4.78, 5) is 15.3. The van der Waals surface area contributed by atoms with E-state index in [4.69, 9.17) is 10.5 Å². The first kappa shape index (κ1) is 12.0. The van der Waals surface area contributed by atoms with Crippen LogP contribution >= 0.6 is 12.6 Å². The van der Waals surface area contributed by atoms with Crippen LogP contribution in [0.2, 0.25) is 0 Å². The Morgan fingerprint density at radius 1 is 1.60 bits per heavy atom. The molecular weight excluding hydrogens is 212 g/mol. The lowest BCUT2D eigenvalue weighted by molar-refractivity contribution is -0.144. The zero-order valence-electron chi connectivity index (χ0n) is 8.30. The van der Waals surface area contributed by atoms with Gasteiger partial charge in [-0.15, -0.1) is 0 Å². The highest BCUT2D eigenvalue weighted by Crippen LogP contribution is 1.96. The van der Waals surface area contributed by atoms with Gasteiger partial charge < -0.3 is 10.5 Å². The summed E-state index contributed by atoms with van der Waals surface area (Å²) in [5.74, 6) is -0.122. The van der Waals surface area contributed by atoms with E-state index in [1.807, 2.05) is 18.2 Å². The van der Waals surface area contributed by atoms with Gasteiger partial charge in [0, 0.05) is 24.1 Å². The second-order valence-electron chi connectivity index (χ2n) is 3.03. The number of nitrogens with zero attached hydrogens (tertiary/aromatic N) is 1. The van der Waals surface area contributed by atoms with Crippen molar-refractivity contribution in [2.45, 2.75) is 12.5 Å². The number of ether oxygens (including phenoxy) is 1. The standard InChI is InChI=1S/C10H14N2O2S/c11-9(7-15)10(13)14-6-4-8-3-1-2-5-12-8/h1-3,5,9,15H,4,6-7,11H2/t9-/m0/s1. The van der Waals surface area contributed by atoms with Gasteiger partial charge in [0.25, 0.3) is 0 Å². The van der Waals surface area contributed by atoms with Crippen LogP contribution < -0.4 is 5.73 Å². The van der Waals surface area contributed by atoms with Crippen LogP contribution in [-0.4, -0.2) is 29.4 Å². The fraction of sp³-hybridized carbons (Fsp3) is 0.400. The Labute approximate surface area is 94.2 Å². The molecule has 2 N–H and O–H groups in total.